The van der Waals surface area contributed by atoms with Crippen molar-refractivity contribution in [3.05, 3.63) is 30.1 Å². The van der Waals surface area contributed by atoms with E-state index in [0.29, 0.717) is 11.5 Å². The van der Waals surface area contributed by atoms with Gasteiger partial charge in [0.25, 0.3) is 10.0 Å². The number of carbonyl (C=O) groups is 1. The van der Waals surface area contributed by atoms with E-state index in [1.54, 1.807) is 6.92 Å². The number of nitrogens with zero attached hydrogens (tertiary/aromatic N) is 4. The van der Waals surface area contributed by atoms with Gasteiger partial charge in [0.1, 0.15) is 0 Å². The lowest BCUT2D eigenvalue weighted by atomic mass is 10.3. The molecule has 0 saturated heterocycles. The lowest BCUT2D eigenvalue weighted by Crippen LogP contribution is -2.28. The number of nitrogens with one attached hydrogen (secondary N) is 1. The predicted molar refractivity (Wildman–Crippen MR) is 72.8 cm³/mol. The Balaban J connectivity index is 2.35. The summed E-state index contributed by atoms with van der Waals surface area (Å²) in [5.41, 5.74) is 6.31. The normalized spacial score (nSPS) is 12.9. The highest BCUT2D eigenvalue weighted by molar-refractivity contribution is 7.90. The van der Waals surface area contributed by atoms with E-state index in [-0.39, 0.29) is 10.9 Å². The van der Waals surface area contributed by atoms with Crippen molar-refractivity contribution in [2.75, 3.05) is 0 Å². The summed E-state index contributed by atoms with van der Waals surface area (Å²) >= 11 is 0. The third kappa shape index (κ3) is 3.23. The van der Waals surface area contributed by atoms with Crippen molar-refractivity contribution >= 4 is 15.9 Å². The van der Waals surface area contributed by atoms with Gasteiger partial charge in [0, 0.05) is 6.92 Å². The fourth-order valence-corrected chi connectivity index (χ4v) is 2.67. The number of hydrogen-bond donors (Lipinski definition) is 2. The minimum atomic E-state index is -3.86. The van der Waals surface area contributed by atoms with Crippen molar-refractivity contribution in [2.24, 2.45) is 5.73 Å². The fraction of sp³-hybridized carbons (Fsp3) is 0.273. The van der Waals surface area contributed by atoms with E-state index < -0.39 is 15.9 Å². The Labute approximate surface area is 121 Å². The summed E-state index contributed by atoms with van der Waals surface area (Å²) in [6, 6.07) is 5.39. The van der Waals surface area contributed by atoms with Crippen LogP contribution in [0.1, 0.15) is 25.7 Å². The van der Waals surface area contributed by atoms with Crippen LogP contribution in [-0.4, -0.2) is 34.5 Å². The zero-order chi connectivity index (χ0) is 15.6. The molecule has 0 bridgehead atoms. The maximum atomic E-state index is 11.8. The van der Waals surface area contributed by atoms with Gasteiger partial charge in [-0.25, -0.2) is 13.1 Å². The van der Waals surface area contributed by atoms with Crippen LogP contribution < -0.4 is 10.5 Å². The summed E-state index contributed by atoms with van der Waals surface area (Å²) in [5.74, 6) is -0.203. The van der Waals surface area contributed by atoms with Gasteiger partial charge in [-0.2, -0.15) is 4.68 Å². The van der Waals surface area contributed by atoms with E-state index >= 15 is 0 Å². The molecule has 0 spiro atoms. The standard InChI is InChI=1S/C11H14N6O3S/c1-7(12)11-13-15-16-17(11)9-3-5-10(6-4-9)21(19,20)14-8(2)18/h3-7H,12H2,1-2H3,(H,14,18). The van der Waals surface area contributed by atoms with E-state index in [9.17, 15) is 13.2 Å². The van der Waals surface area contributed by atoms with Gasteiger partial charge in [-0.15, -0.1) is 5.10 Å². The van der Waals surface area contributed by atoms with E-state index in [4.69, 9.17) is 5.73 Å². The lowest BCUT2D eigenvalue weighted by molar-refractivity contribution is -0.117. The van der Waals surface area contributed by atoms with E-state index in [0.717, 1.165) is 6.92 Å². The number of carbonyl (C=O) groups excluding carboxylic acids is 1. The molecule has 1 aromatic carbocycles. The maximum absolute atomic E-state index is 11.8. The molecule has 21 heavy (non-hydrogen) atoms. The topological polar surface area (TPSA) is 133 Å². The number of tetrazole rings is 1. The molecule has 2 rings (SSSR count). The Hall–Kier alpha value is -2.33. The molecule has 9 nitrogen and oxygen atoms in total. The smallest absolute Gasteiger partial charge is 0.264 e. The van der Waals surface area contributed by atoms with E-state index in [1.807, 2.05) is 4.72 Å². The minimum absolute atomic E-state index is 0.0307. The van der Waals surface area contributed by atoms with Crippen molar-refractivity contribution in [1.29, 1.82) is 0 Å². The average Bonchev–Trinajstić information content (AvgIpc) is 2.86. The summed E-state index contributed by atoms with van der Waals surface area (Å²) in [7, 11) is -3.86. The first-order valence-electron chi connectivity index (χ1n) is 5.99. The molecule has 2 aromatic rings. The molecule has 1 amide bonds. The quantitative estimate of drug-likeness (QED) is 0.778. The second kappa shape index (κ2) is 5.58. The van der Waals surface area contributed by atoms with Crippen LogP contribution in [0.5, 0.6) is 0 Å². The summed E-state index contributed by atoms with van der Waals surface area (Å²) < 4.78 is 26.9. The Morgan fingerprint density at radius 2 is 1.95 bits per heavy atom. The zero-order valence-electron chi connectivity index (χ0n) is 11.4. The van der Waals surface area contributed by atoms with E-state index in [2.05, 4.69) is 15.5 Å². The first-order chi connectivity index (χ1) is 9.81. The summed E-state index contributed by atoms with van der Waals surface area (Å²) in [4.78, 5) is 10.8. The number of sulfonamides is 1. The van der Waals surface area contributed by atoms with Crippen LogP contribution in [0.4, 0.5) is 0 Å². The molecule has 1 heterocycles. The molecule has 0 aliphatic rings. The molecule has 0 fully saturated rings. The Bertz CT molecular complexity index is 751. The molecule has 0 saturated carbocycles. The molecule has 0 radical (unpaired) electrons. The van der Waals surface area contributed by atoms with Crippen molar-refractivity contribution in [3.8, 4) is 5.69 Å². The molecular formula is C11H14N6O3S. The fourth-order valence-electron chi connectivity index (χ4n) is 1.68. The largest absolute Gasteiger partial charge is 0.321 e. The van der Waals surface area contributed by atoms with Crippen molar-refractivity contribution in [1.82, 2.24) is 24.9 Å². The van der Waals surface area contributed by atoms with Gasteiger partial charge in [-0.3, -0.25) is 4.79 Å². The van der Waals surface area contributed by atoms with Crippen LogP contribution in [0.3, 0.4) is 0 Å². The Morgan fingerprint density at radius 3 is 2.48 bits per heavy atom. The number of rotatable bonds is 4. The molecule has 10 heteroatoms. The van der Waals surface area contributed by atoms with Crippen molar-refractivity contribution in [2.45, 2.75) is 24.8 Å². The second-order valence-electron chi connectivity index (χ2n) is 4.39. The third-order valence-electron chi connectivity index (χ3n) is 2.57. The molecule has 1 aromatic heterocycles. The molecular weight excluding hydrogens is 296 g/mol. The van der Waals surface area contributed by atoms with Crippen molar-refractivity contribution in [3.63, 3.8) is 0 Å². The molecule has 1 unspecified atom stereocenters. The highest BCUT2D eigenvalue weighted by atomic mass is 32.2. The predicted octanol–water partition coefficient (Wildman–Crippen LogP) is -0.493. The van der Waals surface area contributed by atoms with Gasteiger partial charge in [0.05, 0.1) is 16.6 Å². The van der Waals surface area contributed by atoms with Crippen LogP contribution in [0.25, 0.3) is 5.69 Å². The van der Waals surface area contributed by atoms with Crippen LogP contribution in [0.15, 0.2) is 29.2 Å². The summed E-state index contributed by atoms with van der Waals surface area (Å²) in [6.45, 7) is 2.86. The highest BCUT2D eigenvalue weighted by Gasteiger charge is 2.17. The SMILES string of the molecule is CC(=O)NS(=O)(=O)c1ccc(-n2nnnc2C(C)N)cc1. The van der Waals surface area contributed by atoms with Crippen LogP contribution in [-0.2, 0) is 14.8 Å². The number of benzene rings is 1. The van der Waals surface area contributed by atoms with Crippen LogP contribution >= 0.6 is 0 Å². The first kappa shape index (κ1) is 15.1. The second-order valence-corrected chi connectivity index (χ2v) is 6.08. The highest BCUT2D eigenvalue weighted by Crippen LogP contribution is 2.15. The molecule has 0 aliphatic carbocycles. The third-order valence-corrected chi connectivity index (χ3v) is 4.02. The lowest BCUT2D eigenvalue weighted by Gasteiger charge is -2.08. The summed E-state index contributed by atoms with van der Waals surface area (Å²) in [6.07, 6.45) is 0. The number of nitrogens with two attached hydrogens (primary N) is 1. The van der Waals surface area contributed by atoms with Gasteiger partial charge < -0.3 is 5.73 Å². The average molecular weight is 310 g/mol. The minimum Gasteiger partial charge on any atom is -0.321 e. The number of amides is 1. The first-order valence-corrected chi connectivity index (χ1v) is 7.47. The number of hydrogen-bond acceptors (Lipinski definition) is 7. The monoisotopic (exact) mass is 310 g/mol. The van der Waals surface area contributed by atoms with Gasteiger partial charge in [-0.1, -0.05) is 0 Å². The van der Waals surface area contributed by atoms with Crippen molar-refractivity contribution < 1.29 is 13.2 Å². The molecule has 112 valence electrons. The van der Waals surface area contributed by atoms with Gasteiger partial charge >= 0.3 is 0 Å². The van der Waals surface area contributed by atoms with Crippen LogP contribution in [0.2, 0.25) is 0 Å². The molecule has 0 aliphatic heterocycles. The van der Waals surface area contributed by atoms with Crippen LogP contribution in [0, 0.1) is 0 Å². The van der Waals surface area contributed by atoms with Gasteiger partial charge in [-0.05, 0) is 41.6 Å². The van der Waals surface area contributed by atoms with E-state index in [1.165, 1.54) is 28.9 Å². The Kier molecular flexibility index (Phi) is 4.00. The molecule has 3 N–H and O–H groups in total. The maximum Gasteiger partial charge on any atom is 0.264 e. The summed E-state index contributed by atoms with van der Waals surface area (Å²) in [5, 5.41) is 11.1. The molecule has 1 atom stereocenters. The van der Waals surface area contributed by atoms with Gasteiger partial charge in [0.15, 0.2) is 5.82 Å². The Morgan fingerprint density at radius 1 is 1.33 bits per heavy atom. The number of aromatic nitrogens is 4. The zero-order valence-corrected chi connectivity index (χ0v) is 12.2. The van der Waals surface area contributed by atoms with Gasteiger partial charge in [0.2, 0.25) is 5.91 Å².